The zero-order chi connectivity index (χ0) is 7.84. The Morgan fingerprint density at radius 2 is 2.27 bits per heavy atom. The van der Waals surface area contributed by atoms with Crippen molar-refractivity contribution < 1.29 is 0 Å². The molecule has 0 radical (unpaired) electrons. The van der Waals surface area contributed by atoms with Gasteiger partial charge in [-0.25, -0.2) is 0 Å². The number of nitrogens with two attached hydrogens (primary N) is 1. The predicted octanol–water partition coefficient (Wildman–Crippen LogP) is 1.43. The number of thiol groups is 1. The Kier molecular flexibility index (Phi) is 1.29. The third-order valence-electron chi connectivity index (χ3n) is 1.59. The van der Waals surface area contributed by atoms with Crippen molar-refractivity contribution in [2.24, 2.45) is 0 Å². The van der Waals surface area contributed by atoms with E-state index in [4.69, 9.17) is 5.73 Å². The zero-order valence-corrected chi connectivity index (χ0v) is 6.60. The third kappa shape index (κ3) is 0.952. The molecule has 0 saturated heterocycles. The average molecular weight is 165 g/mol. The largest absolute Gasteiger partial charge is 0.398 e. The molecule has 2 aromatic rings. The van der Waals surface area contributed by atoms with Crippen LogP contribution in [-0.2, 0) is 0 Å². The lowest BCUT2D eigenvalue weighted by atomic mass is 10.2. The molecule has 4 heteroatoms. The maximum absolute atomic E-state index is 5.63. The summed E-state index contributed by atoms with van der Waals surface area (Å²) in [7, 11) is 0. The summed E-state index contributed by atoms with van der Waals surface area (Å²) in [4.78, 5) is 0.779. The van der Waals surface area contributed by atoms with E-state index in [1.807, 2.05) is 12.1 Å². The molecule has 0 spiro atoms. The van der Waals surface area contributed by atoms with Crippen molar-refractivity contribution in [2.75, 3.05) is 5.73 Å². The number of benzene rings is 1. The minimum atomic E-state index is 0.683. The van der Waals surface area contributed by atoms with Crippen LogP contribution in [0.3, 0.4) is 0 Å². The predicted molar refractivity (Wildman–Crippen MR) is 47.8 cm³/mol. The SMILES string of the molecule is Nc1cc2cn[nH]c2cc1S. The normalized spacial score (nSPS) is 10.6. The number of fused-ring (bicyclic) bond motifs is 1. The molecule has 0 bridgehead atoms. The standard InChI is InChI=1S/C7H7N3S/c8-5-1-4-3-9-10-6(4)2-7(5)11/h1-3,11H,8H2,(H,9,10). The molecule has 0 aliphatic carbocycles. The summed E-state index contributed by atoms with van der Waals surface area (Å²) in [6, 6.07) is 3.71. The average Bonchev–Trinajstić information content (AvgIpc) is 2.36. The lowest BCUT2D eigenvalue weighted by Gasteiger charge is -1.96. The van der Waals surface area contributed by atoms with Crippen molar-refractivity contribution in [1.82, 2.24) is 10.2 Å². The van der Waals surface area contributed by atoms with Crippen LogP contribution in [-0.4, -0.2) is 10.2 Å². The van der Waals surface area contributed by atoms with Gasteiger partial charge >= 0.3 is 0 Å². The highest BCUT2D eigenvalue weighted by Crippen LogP contribution is 2.22. The monoisotopic (exact) mass is 165 g/mol. The summed E-state index contributed by atoms with van der Waals surface area (Å²) in [6.45, 7) is 0. The molecule has 1 aromatic carbocycles. The molecule has 3 nitrogen and oxygen atoms in total. The van der Waals surface area contributed by atoms with Crippen LogP contribution in [0.5, 0.6) is 0 Å². The summed E-state index contributed by atoms with van der Waals surface area (Å²) in [5, 5.41) is 7.72. The first-order chi connectivity index (χ1) is 5.27. The fourth-order valence-corrected chi connectivity index (χ4v) is 1.19. The molecular formula is C7H7N3S. The molecule has 0 aliphatic rings. The lowest BCUT2D eigenvalue weighted by molar-refractivity contribution is 1.12. The van der Waals surface area contributed by atoms with E-state index in [0.717, 1.165) is 15.8 Å². The van der Waals surface area contributed by atoms with Crippen molar-refractivity contribution in [3.8, 4) is 0 Å². The van der Waals surface area contributed by atoms with Gasteiger partial charge in [0.1, 0.15) is 0 Å². The van der Waals surface area contributed by atoms with Crippen molar-refractivity contribution in [3.05, 3.63) is 18.3 Å². The smallest absolute Gasteiger partial charge is 0.0662 e. The first-order valence-electron chi connectivity index (χ1n) is 3.19. The summed E-state index contributed by atoms with van der Waals surface area (Å²) < 4.78 is 0. The highest BCUT2D eigenvalue weighted by atomic mass is 32.1. The number of rotatable bonds is 0. The fraction of sp³-hybridized carbons (Fsp3) is 0. The number of hydrogen-bond acceptors (Lipinski definition) is 3. The van der Waals surface area contributed by atoms with Gasteiger partial charge in [0.05, 0.1) is 11.7 Å². The van der Waals surface area contributed by atoms with Gasteiger partial charge in [-0.2, -0.15) is 5.10 Å². The number of H-pyrrole nitrogens is 1. The summed E-state index contributed by atoms with van der Waals surface area (Å²) >= 11 is 4.18. The molecule has 0 fully saturated rings. The van der Waals surface area contributed by atoms with Crippen LogP contribution in [0.4, 0.5) is 5.69 Å². The summed E-state index contributed by atoms with van der Waals surface area (Å²) in [5.41, 5.74) is 7.27. The molecule has 11 heavy (non-hydrogen) atoms. The van der Waals surface area contributed by atoms with E-state index in [9.17, 15) is 0 Å². The molecule has 0 unspecified atom stereocenters. The molecule has 2 rings (SSSR count). The van der Waals surface area contributed by atoms with Crippen molar-refractivity contribution in [2.45, 2.75) is 4.90 Å². The summed E-state index contributed by atoms with van der Waals surface area (Å²) in [5.74, 6) is 0. The van der Waals surface area contributed by atoms with Gasteiger partial charge in [-0.3, -0.25) is 5.10 Å². The third-order valence-corrected chi connectivity index (χ3v) is 1.97. The molecular weight excluding hydrogens is 158 g/mol. The van der Waals surface area contributed by atoms with Gasteiger partial charge in [0.2, 0.25) is 0 Å². The number of nitrogens with one attached hydrogen (secondary N) is 1. The van der Waals surface area contributed by atoms with E-state index < -0.39 is 0 Å². The molecule has 3 N–H and O–H groups in total. The molecule has 1 heterocycles. The van der Waals surface area contributed by atoms with Gasteiger partial charge in [-0.1, -0.05) is 0 Å². The van der Waals surface area contributed by atoms with Crippen LogP contribution in [0.2, 0.25) is 0 Å². The van der Waals surface area contributed by atoms with Crippen LogP contribution in [0.25, 0.3) is 10.9 Å². The highest BCUT2D eigenvalue weighted by Gasteiger charge is 1.98. The van der Waals surface area contributed by atoms with Crippen LogP contribution in [0.15, 0.2) is 23.2 Å². The van der Waals surface area contributed by atoms with E-state index in [0.29, 0.717) is 5.69 Å². The number of anilines is 1. The van der Waals surface area contributed by atoms with Gasteiger partial charge in [0, 0.05) is 16.0 Å². The second-order valence-corrected chi connectivity index (χ2v) is 2.85. The minimum Gasteiger partial charge on any atom is -0.398 e. The maximum atomic E-state index is 5.63. The van der Waals surface area contributed by atoms with Crippen LogP contribution < -0.4 is 5.73 Å². The number of aromatic amines is 1. The van der Waals surface area contributed by atoms with Crippen molar-refractivity contribution >= 4 is 29.2 Å². The van der Waals surface area contributed by atoms with Crippen molar-refractivity contribution in [3.63, 3.8) is 0 Å². The van der Waals surface area contributed by atoms with Gasteiger partial charge in [-0.15, -0.1) is 12.6 Å². The Balaban J connectivity index is 2.86. The maximum Gasteiger partial charge on any atom is 0.0662 e. The number of nitrogens with zero attached hydrogens (tertiary/aromatic N) is 1. The molecule has 0 amide bonds. The first-order valence-corrected chi connectivity index (χ1v) is 3.63. The van der Waals surface area contributed by atoms with Gasteiger partial charge in [-0.05, 0) is 12.1 Å². The second-order valence-electron chi connectivity index (χ2n) is 2.37. The van der Waals surface area contributed by atoms with E-state index in [-0.39, 0.29) is 0 Å². The van der Waals surface area contributed by atoms with Crippen molar-refractivity contribution in [1.29, 1.82) is 0 Å². The van der Waals surface area contributed by atoms with Gasteiger partial charge in [0.25, 0.3) is 0 Å². The Hall–Kier alpha value is -1.16. The zero-order valence-electron chi connectivity index (χ0n) is 5.70. The van der Waals surface area contributed by atoms with Gasteiger partial charge in [0.15, 0.2) is 0 Å². The van der Waals surface area contributed by atoms with Crippen LogP contribution in [0.1, 0.15) is 0 Å². The van der Waals surface area contributed by atoms with E-state index in [1.165, 1.54) is 0 Å². The molecule has 0 aliphatic heterocycles. The second kappa shape index (κ2) is 2.17. The van der Waals surface area contributed by atoms with Crippen LogP contribution >= 0.6 is 12.6 Å². The van der Waals surface area contributed by atoms with Crippen LogP contribution in [0, 0.1) is 0 Å². The Labute approximate surface area is 69.0 Å². The molecule has 56 valence electrons. The van der Waals surface area contributed by atoms with E-state index >= 15 is 0 Å². The minimum absolute atomic E-state index is 0.683. The van der Waals surface area contributed by atoms with E-state index in [2.05, 4.69) is 22.8 Å². The number of aromatic nitrogens is 2. The topological polar surface area (TPSA) is 54.7 Å². The quantitative estimate of drug-likeness (QED) is 0.408. The Morgan fingerprint density at radius 1 is 1.45 bits per heavy atom. The van der Waals surface area contributed by atoms with Gasteiger partial charge < -0.3 is 5.73 Å². The number of nitrogen functional groups attached to an aromatic ring is 1. The van der Waals surface area contributed by atoms with E-state index in [1.54, 1.807) is 6.20 Å². The number of hydrogen-bond donors (Lipinski definition) is 3. The highest BCUT2D eigenvalue weighted by molar-refractivity contribution is 7.80. The molecule has 1 aromatic heterocycles. The first kappa shape index (κ1) is 6.54. The lowest BCUT2D eigenvalue weighted by Crippen LogP contribution is -1.85. The molecule has 0 saturated carbocycles. The molecule has 0 atom stereocenters. The Morgan fingerprint density at radius 3 is 3.09 bits per heavy atom. The fourth-order valence-electron chi connectivity index (χ4n) is 0.998. The summed E-state index contributed by atoms with van der Waals surface area (Å²) in [6.07, 6.45) is 1.74. The Bertz CT molecular complexity index is 357.